The van der Waals surface area contributed by atoms with Gasteiger partial charge in [0.2, 0.25) is 10.0 Å². The molecule has 0 aliphatic heterocycles. The number of ether oxygens (including phenoxy) is 1. The SMILES string of the molecule is CN(C)S(=O)(=O)c1cc(NC(=O)COC(=O)/C=C/c2cccs2)ccc1Cl. The van der Waals surface area contributed by atoms with Crippen LogP contribution in [0.25, 0.3) is 6.08 Å². The minimum absolute atomic E-state index is 0.0341. The number of carbonyl (C=O) groups excluding carboxylic acids is 2. The number of thiophene rings is 1. The van der Waals surface area contributed by atoms with Crippen LogP contribution in [0, 0.1) is 0 Å². The van der Waals surface area contributed by atoms with Crippen LogP contribution in [0.2, 0.25) is 5.02 Å². The maximum Gasteiger partial charge on any atom is 0.331 e. The van der Waals surface area contributed by atoms with Gasteiger partial charge in [0, 0.05) is 30.7 Å². The molecule has 0 radical (unpaired) electrons. The van der Waals surface area contributed by atoms with Gasteiger partial charge in [-0.15, -0.1) is 11.3 Å². The molecule has 0 unspecified atom stereocenters. The van der Waals surface area contributed by atoms with Crippen molar-refractivity contribution in [3.8, 4) is 0 Å². The summed E-state index contributed by atoms with van der Waals surface area (Å²) in [6.45, 7) is -0.508. The van der Waals surface area contributed by atoms with E-state index in [1.807, 2.05) is 17.5 Å². The second kappa shape index (κ2) is 9.14. The van der Waals surface area contributed by atoms with Gasteiger partial charge in [0.1, 0.15) is 4.90 Å². The zero-order valence-electron chi connectivity index (χ0n) is 14.5. The van der Waals surface area contributed by atoms with Gasteiger partial charge < -0.3 is 10.1 Å². The average Bonchev–Trinajstić information content (AvgIpc) is 3.13. The summed E-state index contributed by atoms with van der Waals surface area (Å²) < 4.78 is 30.3. The van der Waals surface area contributed by atoms with E-state index < -0.39 is 28.5 Å². The Morgan fingerprint density at radius 1 is 1.30 bits per heavy atom. The predicted molar refractivity (Wildman–Crippen MR) is 105 cm³/mol. The summed E-state index contributed by atoms with van der Waals surface area (Å²) in [5.74, 6) is -1.27. The zero-order chi connectivity index (χ0) is 20.0. The molecular formula is C17H17ClN2O5S2. The van der Waals surface area contributed by atoms with E-state index in [0.717, 1.165) is 9.18 Å². The first kappa shape index (κ1) is 21.1. The Labute approximate surface area is 166 Å². The van der Waals surface area contributed by atoms with Crippen molar-refractivity contribution in [3.63, 3.8) is 0 Å². The Hall–Kier alpha value is -2.20. The summed E-state index contributed by atoms with van der Waals surface area (Å²) in [6, 6.07) is 7.74. The number of halogens is 1. The molecular weight excluding hydrogens is 412 g/mol. The number of sulfonamides is 1. The van der Waals surface area contributed by atoms with E-state index in [1.54, 1.807) is 6.08 Å². The first-order valence-electron chi connectivity index (χ1n) is 7.60. The fraction of sp³-hybridized carbons (Fsp3) is 0.176. The molecule has 1 aromatic carbocycles. The number of benzene rings is 1. The third-order valence-corrected chi connectivity index (χ3v) is 6.38. The van der Waals surface area contributed by atoms with Crippen LogP contribution in [0.4, 0.5) is 5.69 Å². The topological polar surface area (TPSA) is 92.8 Å². The van der Waals surface area contributed by atoms with Crippen LogP contribution in [-0.2, 0) is 24.3 Å². The molecule has 1 heterocycles. The third-order valence-electron chi connectivity index (χ3n) is 3.25. The normalized spacial score (nSPS) is 11.7. The summed E-state index contributed by atoms with van der Waals surface area (Å²) in [4.78, 5) is 24.3. The Morgan fingerprint density at radius 3 is 2.67 bits per heavy atom. The Bertz CT molecular complexity index is 954. The quantitative estimate of drug-likeness (QED) is 0.540. The lowest BCUT2D eigenvalue weighted by Crippen LogP contribution is -2.23. The highest BCUT2D eigenvalue weighted by molar-refractivity contribution is 7.89. The van der Waals surface area contributed by atoms with Crippen molar-refractivity contribution in [3.05, 3.63) is 51.7 Å². The fourth-order valence-corrected chi connectivity index (χ4v) is 3.91. The number of rotatable bonds is 7. The van der Waals surface area contributed by atoms with Crippen molar-refractivity contribution in [2.75, 3.05) is 26.0 Å². The van der Waals surface area contributed by atoms with Gasteiger partial charge in [0.25, 0.3) is 5.91 Å². The van der Waals surface area contributed by atoms with Gasteiger partial charge >= 0.3 is 5.97 Å². The van der Waals surface area contributed by atoms with Gasteiger partial charge in [-0.05, 0) is 35.7 Å². The molecule has 1 aromatic heterocycles. The third kappa shape index (κ3) is 5.90. The highest BCUT2D eigenvalue weighted by atomic mass is 35.5. The van der Waals surface area contributed by atoms with Gasteiger partial charge in [-0.3, -0.25) is 4.79 Å². The molecule has 7 nitrogen and oxygen atoms in total. The van der Waals surface area contributed by atoms with Crippen LogP contribution in [0.5, 0.6) is 0 Å². The van der Waals surface area contributed by atoms with E-state index in [0.29, 0.717) is 0 Å². The highest BCUT2D eigenvalue weighted by Crippen LogP contribution is 2.26. The van der Waals surface area contributed by atoms with Gasteiger partial charge in [0.05, 0.1) is 5.02 Å². The molecule has 0 spiro atoms. The van der Waals surface area contributed by atoms with Crippen molar-refractivity contribution in [1.82, 2.24) is 4.31 Å². The average molecular weight is 429 g/mol. The molecule has 144 valence electrons. The second-order valence-corrected chi connectivity index (χ2v) is 8.94. The largest absolute Gasteiger partial charge is 0.452 e. The first-order chi connectivity index (χ1) is 12.7. The number of nitrogens with one attached hydrogen (secondary N) is 1. The van der Waals surface area contributed by atoms with Gasteiger partial charge in [-0.2, -0.15) is 0 Å². The predicted octanol–water partition coefficient (Wildman–Crippen LogP) is 2.85. The molecule has 0 aliphatic rings. The minimum atomic E-state index is -3.76. The van der Waals surface area contributed by atoms with Crippen molar-refractivity contribution < 1.29 is 22.7 Å². The summed E-state index contributed by atoms with van der Waals surface area (Å²) in [6.07, 6.45) is 2.81. The van der Waals surface area contributed by atoms with Crippen molar-refractivity contribution >= 4 is 56.6 Å². The smallest absolute Gasteiger partial charge is 0.331 e. The maximum atomic E-state index is 12.2. The van der Waals surface area contributed by atoms with Crippen LogP contribution >= 0.6 is 22.9 Å². The first-order valence-corrected chi connectivity index (χ1v) is 10.3. The van der Waals surface area contributed by atoms with Crippen LogP contribution in [0.15, 0.2) is 46.7 Å². The molecule has 0 fully saturated rings. The van der Waals surface area contributed by atoms with Gasteiger partial charge in [-0.25, -0.2) is 17.5 Å². The van der Waals surface area contributed by atoms with Crippen LogP contribution in [-0.4, -0.2) is 45.3 Å². The molecule has 1 amide bonds. The van der Waals surface area contributed by atoms with Crippen LogP contribution in [0.1, 0.15) is 4.88 Å². The van der Waals surface area contributed by atoms with Crippen LogP contribution in [0.3, 0.4) is 0 Å². The van der Waals surface area contributed by atoms with Crippen molar-refractivity contribution in [2.24, 2.45) is 0 Å². The maximum absolute atomic E-state index is 12.2. The molecule has 27 heavy (non-hydrogen) atoms. The van der Waals surface area contributed by atoms with E-state index in [9.17, 15) is 18.0 Å². The summed E-state index contributed by atoms with van der Waals surface area (Å²) >= 11 is 7.41. The molecule has 0 bridgehead atoms. The Morgan fingerprint density at radius 2 is 2.04 bits per heavy atom. The number of hydrogen-bond donors (Lipinski definition) is 1. The molecule has 0 aliphatic carbocycles. The number of amides is 1. The monoisotopic (exact) mass is 428 g/mol. The van der Waals surface area contributed by atoms with E-state index >= 15 is 0 Å². The van der Waals surface area contributed by atoms with E-state index in [1.165, 1.54) is 49.7 Å². The molecule has 0 atom stereocenters. The van der Waals surface area contributed by atoms with Crippen molar-refractivity contribution in [1.29, 1.82) is 0 Å². The molecule has 1 N–H and O–H groups in total. The number of hydrogen-bond acceptors (Lipinski definition) is 6. The number of carbonyl (C=O) groups is 2. The van der Waals surface area contributed by atoms with Crippen LogP contribution < -0.4 is 5.32 Å². The lowest BCUT2D eigenvalue weighted by Gasteiger charge is -2.14. The molecule has 10 heteroatoms. The molecule has 0 saturated carbocycles. The highest BCUT2D eigenvalue weighted by Gasteiger charge is 2.21. The molecule has 0 saturated heterocycles. The fourth-order valence-electron chi connectivity index (χ4n) is 1.89. The van der Waals surface area contributed by atoms with Gasteiger partial charge in [-0.1, -0.05) is 17.7 Å². The Balaban J connectivity index is 1.97. The summed E-state index contributed by atoms with van der Waals surface area (Å²) in [5.41, 5.74) is 0.218. The number of esters is 1. The van der Waals surface area contributed by atoms with Gasteiger partial charge in [0.15, 0.2) is 6.61 Å². The molecule has 2 rings (SSSR count). The minimum Gasteiger partial charge on any atom is -0.452 e. The lowest BCUT2D eigenvalue weighted by molar-refractivity contribution is -0.142. The van der Waals surface area contributed by atoms with E-state index in [4.69, 9.17) is 16.3 Å². The second-order valence-electron chi connectivity index (χ2n) is 5.44. The standard InChI is InChI=1S/C17H17ClN2O5S2/c1-20(2)27(23,24)15-10-12(5-7-14(15)18)19-16(21)11-25-17(22)8-6-13-4-3-9-26-13/h3-10H,11H2,1-2H3,(H,19,21)/b8-6+. The summed E-state index contributed by atoms with van der Waals surface area (Å²) in [5, 5.41) is 4.37. The Kier molecular flexibility index (Phi) is 7.14. The molecule has 2 aromatic rings. The number of anilines is 1. The van der Waals surface area contributed by atoms with E-state index in [-0.39, 0.29) is 15.6 Å². The lowest BCUT2D eigenvalue weighted by atomic mass is 10.3. The zero-order valence-corrected chi connectivity index (χ0v) is 16.9. The van der Waals surface area contributed by atoms with Crippen molar-refractivity contribution in [2.45, 2.75) is 4.90 Å². The summed E-state index contributed by atoms with van der Waals surface area (Å²) in [7, 11) is -1.01. The number of nitrogens with zero attached hydrogens (tertiary/aromatic N) is 1. The van der Waals surface area contributed by atoms with E-state index in [2.05, 4.69) is 5.32 Å².